The Morgan fingerprint density at radius 3 is 2.31 bits per heavy atom. The summed E-state index contributed by atoms with van der Waals surface area (Å²) >= 11 is 13.9. The molecule has 1 unspecified atom stereocenters. The van der Waals surface area contributed by atoms with Gasteiger partial charge in [-0.05, 0) is 42.0 Å². The predicted octanol–water partition coefficient (Wildman–Crippen LogP) is 7.24. The molecule has 0 heterocycles. The van der Waals surface area contributed by atoms with Crippen molar-refractivity contribution in [2.45, 2.75) is 16.6 Å². The summed E-state index contributed by atoms with van der Waals surface area (Å²) in [4.78, 5) is 13.5. The van der Waals surface area contributed by atoms with Crippen molar-refractivity contribution in [1.82, 2.24) is 0 Å². The van der Waals surface area contributed by atoms with E-state index in [2.05, 4.69) is 0 Å². The van der Waals surface area contributed by atoms with Gasteiger partial charge < -0.3 is 0 Å². The van der Waals surface area contributed by atoms with Crippen molar-refractivity contribution < 1.29 is 9.18 Å². The molecule has 1 nitrogen and oxygen atoms in total. The summed E-state index contributed by atoms with van der Waals surface area (Å²) in [6, 6.07) is 20.8. The van der Waals surface area contributed by atoms with Gasteiger partial charge in [-0.2, -0.15) is 0 Å². The van der Waals surface area contributed by atoms with E-state index in [-0.39, 0.29) is 23.3 Å². The van der Waals surface area contributed by atoms with E-state index in [1.54, 1.807) is 6.07 Å². The van der Waals surface area contributed by atoms with E-state index in [4.69, 9.17) is 23.2 Å². The Morgan fingerprint density at radius 1 is 0.923 bits per heavy atom. The second-order valence-corrected chi connectivity index (χ2v) is 7.73. The molecule has 0 saturated heterocycles. The molecule has 0 amide bonds. The summed E-state index contributed by atoms with van der Waals surface area (Å²) < 4.78 is 13.1. The molecule has 3 aromatic carbocycles. The molecule has 3 aromatic rings. The highest BCUT2D eigenvalue weighted by Gasteiger charge is 2.20. The van der Waals surface area contributed by atoms with Crippen molar-refractivity contribution in [3.05, 3.63) is 99.8 Å². The zero-order chi connectivity index (χ0) is 18.5. The highest BCUT2D eigenvalue weighted by Crippen LogP contribution is 2.43. The average Bonchev–Trinajstić information content (AvgIpc) is 2.66. The molecule has 0 radical (unpaired) electrons. The van der Waals surface area contributed by atoms with Crippen LogP contribution in [-0.4, -0.2) is 5.78 Å². The zero-order valence-corrected chi connectivity index (χ0v) is 16.0. The van der Waals surface area contributed by atoms with Crippen molar-refractivity contribution in [3.63, 3.8) is 0 Å². The van der Waals surface area contributed by atoms with Crippen LogP contribution in [-0.2, 0) is 0 Å². The first kappa shape index (κ1) is 19.0. The molecule has 0 aliphatic rings. The second kappa shape index (κ2) is 8.72. The number of benzene rings is 3. The largest absolute Gasteiger partial charge is 0.294 e. The number of rotatable bonds is 6. The Balaban J connectivity index is 1.87. The molecule has 132 valence electrons. The van der Waals surface area contributed by atoms with Crippen LogP contribution in [0.15, 0.2) is 77.7 Å². The number of Topliss-reactive ketones (excluding diaryl/α,β-unsaturated/α-hetero) is 1. The van der Waals surface area contributed by atoms with Crippen LogP contribution in [0.4, 0.5) is 4.39 Å². The topological polar surface area (TPSA) is 17.1 Å². The third-order valence-corrected chi connectivity index (χ3v) is 6.14. The third kappa shape index (κ3) is 4.67. The lowest BCUT2D eigenvalue weighted by atomic mass is 10.0. The Morgan fingerprint density at radius 2 is 1.62 bits per heavy atom. The lowest BCUT2D eigenvalue weighted by Crippen LogP contribution is -2.05. The summed E-state index contributed by atoms with van der Waals surface area (Å²) in [5, 5.41) is 0.826. The smallest absolute Gasteiger partial charge is 0.164 e. The molecular weight excluding hydrogens is 390 g/mol. The minimum absolute atomic E-state index is 0.0514. The van der Waals surface area contributed by atoms with Gasteiger partial charge in [0.15, 0.2) is 5.78 Å². The Hall–Kier alpha value is -1.81. The van der Waals surface area contributed by atoms with E-state index in [0.717, 1.165) is 10.5 Å². The maximum Gasteiger partial charge on any atom is 0.164 e. The van der Waals surface area contributed by atoms with E-state index >= 15 is 0 Å². The molecule has 1 atom stereocenters. The Kier molecular flexibility index (Phi) is 6.36. The molecule has 0 N–H and O–H groups in total. The van der Waals surface area contributed by atoms with Gasteiger partial charge in [-0.1, -0.05) is 59.6 Å². The highest BCUT2D eigenvalue weighted by molar-refractivity contribution is 7.99. The molecule has 0 aromatic heterocycles. The molecule has 3 rings (SSSR count). The van der Waals surface area contributed by atoms with Gasteiger partial charge in [0.05, 0.1) is 10.0 Å². The van der Waals surface area contributed by atoms with E-state index < -0.39 is 0 Å². The number of carbonyl (C=O) groups excluding carboxylic acids is 1. The molecule has 0 aliphatic heterocycles. The molecule has 0 saturated carbocycles. The van der Waals surface area contributed by atoms with Crippen molar-refractivity contribution in [3.8, 4) is 0 Å². The SMILES string of the molecule is O=C(CC(Sc1cccc(Cl)c1Cl)c1ccccc1)c1ccc(F)cc1. The molecule has 0 aliphatic carbocycles. The number of hydrogen-bond acceptors (Lipinski definition) is 2. The van der Waals surface area contributed by atoms with Crippen LogP contribution in [0.1, 0.15) is 27.6 Å². The van der Waals surface area contributed by atoms with E-state index in [9.17, 15) is 9.18 Å². The molecule has 5 heteroatoms. The number of halogens is 3. The molecule has 0 spiro atoms. The van der Waals surface area contributed by atoms with Crippen LogP contribution in [0.3, 0.4) is 0 Å². The molecule has 0 fully saturated rings. The van der Waals surface area contributed by atoms with Crippen molar-refractivity contribution in [2.24, 2.45) is 0 Å². The monoisotopic (exact) mass is 404 g/mol. The normalized spacial score (nSPS) is 12.0. The average molecular weight is 405 g/mol. The lowest BCUT2D eigenvalue weighted by molar-refractivity contribution is 0.0982. The number of thioether (sulfide) groups is 1. The maximum absolute atomic E-state index is 13.1. The fourth-order valence-electron chi connectivity index (χ4n) is 2.55. The predicted molar refractivity (Wildman–Crippen MR) is 107 cm³/mol. The number of ketones is 1. The van der Waals surface area contributed by atoms with Gasteiger partial charge in [0, 0.05) is 22.1 Å². The van der Waals surface area contributed by atoms with Gasteiger partial charge in [-0.3, -0.25) is 4.79 Å². The van der Waals surface area contributed by atoms with Gasteiger partial charge in [0.2, 0.25) is 0 Å². The van der Waals surface area contributed by atoms with E-state index in [1.807, 2.05) is 42.5 Å². The summed E-state index contributed by atoms with van der Waals surface area (Å²) in [7, 11) is 0. The van der Waals surface area contributed by atoms with Gasteiger partial charge >= 0.3 is 0 Å². The first-order valence-electron chi connectivity index (χ1n) is 7.99. The van der Waals surface area contributed by atoms with Crippen LogP contribution in [0.25, 0.3) is 0 Å². The maximum atomic E-state index is 13.1. The summed E-state index contributed by atoms with van der Waals surface area (Å²) in [5.41, 5.74) is 1.51. The standard InChI is InChI=1S/C21H15Cl2FOS/c22-17-7-4-8-19(21(17)23)26-20(15-5-2-1-3-6-15)13-18(25)14-9-11-16(24)12-10-14/h1-12,20H,13H2. The first-order valence-corrected chi connectivity index (χ1v) is 9.62. The number of carbonyl (C=O) groups is 1. The van der Waals surface area contributed by atoms with Crippen LogP contribution in [0.5, 0.6) is 0 Å². The van der Waals surface area contributed by atoms with Gasteiger partial charge in [-0.15, -0.1) is 11.8 Å². The quantitative estimate of drug-likeness (QED) is 0.318. The molecule has 0 bridgehead atoms. The summed E-state index contributed by atoms with van der Waals surface area (Å²) in [6.07, 6.45) is 0.267. The van der Waals surface area contributed by atoms with Crippen LogP contribution in [0, 0.1) is 5.82 Å². The Labute approximate surface area is 166 Å². The van der Waals surface area contributed by atoms with Gasteiger partial charge in [0.1, 0.15) is 5.82 Å². The van der Waals surface area contributed by atoms with Crippen LogP contribution >= 0.6 is 35.0 Å². The molecule has 26 heavy (non-hydrogen) atoms. The minimum atomic E-state index is -0.360. The van der Waals surface area contributed by atoms with Crippen LogP contribution in [0.2, 0.25) is 10.0 Å². The zero-order valence-electron chi connectivity index (χ0n) is 13.7. The molecular formula is C21H15Cl2FOS. The highest BCUT2D eigenvalue weighted by atomic mass is 35.5. The summed E-state index contributed by atoms with van der Waals surface area (Å²) in [6.45, 7) is 0. The second-order valence-electron chi connectivity index (χ2n) is 5.70. The number of hydrogen-bond donors (Lipinski definition) is 0. The lowest BCUT2D eigenvalue weighted by Gasteiger charge is -2.18. The first-order chi connectivity index (χ1) is 12.5. The van der Waals surface area contributed by atoms with Crippen LogP contribution < -0.4 is 0 Å². The fourth-order valence-corrected chi connectivity index (χ4v) is 4.24. The summed E-state index contributed by atoms with van der Waals surface area (Å²) in [5.74, 6) is -0.411. The Bertz CT molecular complexity index is 898. The third-order valence-electron chi connectivity index (χ3n) is 3.89. The van der Waals surface area contributed by atoms with Crippen molar-refractivity contribution >= 4 is 40.7 Å². The van der Waals surface area contributed by atoms with E-state index in [1.165, 1.54) is 36.0 Å². The minimum Gasteiger partial charge on any atom is -0.294 e. The fraction of sp³-hybridized carbons (Fsp3) is 0.0952. The van der Waals surface area contributed by atoms with E-state index in [0.29, 0.717) is 15.6 Å². The van der Waals surface area contributed by atoms with Gasteiger partial charge in [0.25, 0.3) is 0 Å². The van der Waals surface area contributed by atoms with Crippen molar-refractivity contribution in [2.75, 3.05) is 0 Å². The van der Waals surface area contributed by atoms with Gasteiger partial charge in [-0.25, -0.2) is 4.39 Å². The van der Waals surface area contributed by atoms with Crippen molar-refractivity contribution in [1.29, 1.82) is 0 Å².